The Hall–Kier alpha value is -1.88. The van der Waals surface area contributed by atoms with Crippen LogP contribution in [0.1, 0.15) is 35.7 Å². The fourth-order valence-corrected chi connectivity index (χ4v) is 2.69. The van der Waals surface area contributed by atoms with Crippen molar-refractivity contribution in [1.82, 2.24) is 10.2 Å². The number of ether oxygens (including phenoxy) is 1. The first-order chi connectivity index (χ1) is 10.5. The zero-order valence-corrected chi connectivity index (χ0v) is 13.5. The smallest absolute Gasteiger partial charge is 0.251 e. The third kappa shape index (κ3) is 3.85. The van der Waals surface area contributed by atoms with Crippen LogP contribution in [0.4, 0.5) is 0 Å². The molecule has 0 aliphatic carbocycles. The molecule has 0 radical (unpaired) electrons. The molecule has 1 aromatic carbocycles. The highest BCUT2D eigenvalue weighted by atomic mass is 16.5. The molecule has 0 aromatic heterocycles. The molecule has 0 bridgehead atoms. The highest BCUT2D eigenvalue weighted by molar-refractivity contribution is 5.95. The number of hydrogen-bond donors (Lipinski definition) is 1. The van der Waals surface area contributed by atoms with E-state index in [4.69, 9.17) is 4.74 Å². The Bertz CT molecular complexity index is 536. The van der Waals surface area contributed by atoms with Gasteiger partial charge in [-0.2, -0.15) is 0 Å². The highest BCUT2D eigenvalue weighted by Gasteiger charge is 2.26. The Kier molecular flexibility index (Phi) is 5.55. The summed E-state index contributed by atoms with van der Waals surface area (Å²) in [5.41, 5.74) is 1.69. The van der Waals surface area contributed by atoms with Gasteiger partial charge in [-0.05, 0) is 38.3 Å². The summed E-state index contributed by atoms with van der Waals surface area (Å²) in [4.78, 5) is 26.1. The predicted molar refractivity (Wildman–Crippen MR) is 84.7 cm³/mol. The van der Waals surface area contributed by atoms with E-state index in [0.29, 0.717) is 18.7 Å². The normalized spacial score (nSPS) is 17.1. The van der Waals surface area contributed by atoms with E-state index in [0.717, 1.165) is 18.4 Å². The molecule has 5 heteroatoms. The van der Waals surface area contributed by atoms with Gasteiger partial charge in [0.2, 0.25) is 0 Å². The molecule has 0 saturated carbocycles. The topological polar surface area (TPSA) is 58.6 Å². The molecule has 1 aromatic rings. The maximum absolute atomic E-state index is 12.3. The summed E-state index contributed by atoms with van der Waals surface area (Å²) >= 11 is 0. The third-order valence-electron chi connectivity index (χ3n) is 4.23. The molecule has 1 aliphatic rings. The maximum atomic E-state index is 12.3. The SMILES string of the molecule is COC(C)C(=O)N1CCC(NC(=O)c2ccccc2C)CC1. The molecule has 1 N–H and O–H groups in total. The second-order valence-corrected chi connectivity index (χ2v) is 5.77. The van der Waals surface area contributed by atoms with E-state index in [9.17, 15) is 9.59 Å². The molecule has 120 valence electrons. The number of rotatable bonds is 4. The average molecular weight is 304 g/mol. The summed E-state index contributed by atoms with van der Waals surface area (Å²) in [5.74, 6) is -0.0145. The van der Waals surface area contributed by atoms with E-state index in [2.05, 4.69) is 5.32 Å². The molecule has 2 amide bonds. The van der Waals surface area contributed by atoms with Gasteiger partial charge >= 0.3 is 0 Å². The van der Waals surface area contributed by atoms with Crippen molar-refractivity contribution in [2.75, 3.05) is 20.2 Å². The molecule has 22 heavy (non-hydrogen) atoms. The van der Waals surface area contributed by atoms with Gasteiger partial charge in [0, 0.05) is 31.8 Å². The van der Waals surface area contributed by atoms with Crippen LogP contribution in [0.5, 0.6) is 0 Å². The number of aryl methyl sites for hydroxylation is 1. The van der Waals surface area contributed by atoms with Gasteiger partial charge in [-0.15, -0.1) is 0 Å². The number of nitrogens with zero attached hydrogens (tertiary/aromatic N) is 1. The van der Waals surface area contributed by atoms with Crippen LogP contribution in [0, 0.1) is 6.92 Å². The van der Waals surface area contributed by atoms with Crippen LogP contribution in [0.25, 0.3) is 0 Å². The number of piperidine rings is 1. The molecular formula is C17H24N2O3. The minimum atomic E-state index is -0.405. The molecule has 2 rings (SSSR count). The summed E-state index contributed by atoms with van der Waals surface area (Å²) in [6.45, 7) is 5.01. The monoisotopic (exact) mass is 304 g/mol. The molecule has 1 unspecified atom stereocenters. The standard InChI is InChI=1S/C17H24N2O3/c1-12-6-4-5-7-15(12)16(20)18-14-8-10-19(11-9-14)17(21)13(2)22-3/h4-7,13-14H,8-11H2,1-3H3,(H,18,20). The Labute approximate surface area is 131 Å². The lowest BCUT2D eigenvalue weighted by Gasteiger charge is -2.33. The van der Waals surface area contributed by atoms with Gasteiger partial charge < -0.3 is 15.0 Å². The minimum absolute atomic E-state index is 0.0196. The summed E-state index contributed by atoms with van der Waals surface area (Å²) in [6.07, 6.45) is 1.15. The van der Waals surface area contributed by atoms with Gasteiger partial charge in [-0.1, -0.05) is 18.2 Å². The number of methoxy groups -OCH3 is 1. The first-order valence-electron chi connectivity index (χ1n) is 7.71. The zero-order valence-electron chi connectivity index (χ0n) is 13.5. The molecule has 0 spiro atoms. The van der Waals surface area contributed by atoms with Crippen molar-refractivity contribution >= 4 is 11.8 Å². The lowest BCUT2D eigenvalue weighted by atomic mass is 10.0. The van der Waals surface area contributed by atoms with E-state index in [1.165, 1.54) is 7.11 Å². The largest absolute Gasteiger partial charge is 0.372 e. The quantitative estimate of drug-likeness (QED) is 0.922. The number of nitrogens with one attached hydrogen (secondary N) is 1. The van der Waals surface area contributed by atoms with Crippen LogP contribution in [0.15, 0.2) is 24.3 Å². The number of likely N-dealkylation sites (tertiary alicyclic amines) is 1. The summed E-state index contributed by atoms with van der Waals surface area (Å²) in [7, 11) is 1.54. The number of amides is 2. The molecule has 5 nitrogen and oxygen atoms in total. The Morgan fingerprint density at radius 3 is 2.50 bits per heavy atom. The Balaban J connectivity index is 1.86. The van der Waals surface area contributed by atoms with Crippen molar-refractivity contribution in [2.24, 2.45) is 0 Å². The van der Waals surface area contributed by atoms with Gasteiger partial charge in [0.1, 0.15) is 6.10 Å². The van der Waals surface area contributed by atoms with Crippen molar-refractivity contribution in [3.8, 4) is 0 Å². The summed E-state index contributed by atoms with van der Waals surface area (Å²) in [6, 6.07) is 7.68. The zero-order chi connectivity index (χ0) is 16.1. The van der Waals surface area contributed by atoms with Crippen molar-refractivity contribution in [1.29, 1.82) is 0 Å². The third-order valence-corrected chi connectivity index (χ3v) is 4.23. The first-order valence-corrected chi connectivity index (χ1v) is 7.71. The van der Waals surface area contributed by atoms with E-state index in [-0.39, 0.29) is 17.9 Å². The number of carbonyl (C=O) groups excluding carboxylic acids is 2. The van der Waals surface area contributed by atoms with Crippen molar-refractivity contribution in [3.05, 3.63) is 35.4 Å². The number of benzene rings is 1. The van der Waals surface area contributed by atoms with E-state index >= 15 is 0 Å². The summed E-state index contributed by atoms with van der Waals surface area (Å²) in [5, 5.41) is 3.07. The van der Waals surface area contributed by atoms with E-state index in [1.807, 2.05) is 36.1 Å². The van der Waals surface area contributed by atoms with Crippen molar-refractivity contribution in [2.45, 2.75) is 38.8 Å². The van der Waals surface area contributed by atoms with Crippen molar-refractivity contribution < 1.29 is 14.3 Å². The van der Waals surface area contributed by atoms with Crippen LogP contribution in [0.3, 0.4) is 0 Å². The van der Waals surface area contributed by atoms with Crippen LogP contribution < -0.4 is 5.32 Å². The second kappa shape index (κ2) is 7.40. The van der Waals surface area contributed by atoms with Crippen LogP contribution in [-0.4, -0.2) is 49.1 Å². The molecular weight excluding hydrogens is 280 g/mol. The second-order valence-electron chi connectivity index (χ2n) is 5.77. The van der Waals surface area contributed by atoms with Gasteiger partial charge in [0.25, 0.3) is 11.8 Å². The molecule has 1 fully saturated rings. The number of carbonyl (C=O) groups is 2. The van der Waals surface area contributed by atoms with Crippen molar-refractivity contribution in [3.63, 3.8) is 0 Å². The molecule has 1 aliphatic heterocycles. The maximum Gasteiger partial charge on any atom is 0.251 e. The molecule has 1 heterocycles. The number of hydrogen-bond acceptors (Lipinski definition) is 3. The highest BCUT2D eigenvalue weighted by Crippen LogP contribution is 2.14. The Morgan fingerprint density at radius 2 is 1.91 bits per heavy atom. The Morgan fingerprint density at radius 1 is 1.27 bits per heavy atom. The summed E-state index contributed by atoms with van der Waals surface area (Å²) < 4.78 is 5.07. The fourth-order valence-electron chi connectivity index (χ4n) is 2.69. The van der Waals surface area contributed by atoms with Gasteiger partial charge in [0.15, 0.2) is 0 Å². The van der Waals surface area contributed by atoms with Gasteiger partial charge in [-0.25, -0.2) is 0 Å². The first kappa shape index (κ1) is 16.5. The van der Waals surface area contributed by atoms with E-state index in [1.54, 1.807) is 6.92 Å². The molecule has 1 saturated heterocycles. The van der Waals surface area contributed by atoms with E-state index < -0.39 is 6.10 Å². The predicted octanol–water partition coefficient (Wildman–Crippen LogP) is 1.75. The fraction of sp³-hybridized carbons (Fsp3) is 0.529. The van der Waals surface area contributed by atoms with Crippen LogP contribution in [0.2, 0.25) is 0 Å². The van der Waals surface area contributed by atoms with Gasteiger partial charge in [-0.3, -0.25) is 9.59 Å². The van der Waals surface area contributed by atoms with Crippen LogP contribution >= 0.6 is 0 Å². The average Bonchev–Trinajstić information content (AvgIpc) is 2.54. The minimum Gasteiger partial charge on any atom is -0.372 e. The van der Waals surface area contributed by atoms with Crippen LogP contribution in [-0.2, 0) is 9.53 Å². The lowest BCUT2D eigenvalue weighted by Crippen LogP contribution is -2.49. The van der Waals surface area contributed by atoms with Gasteiger partial charge in [0.05, 0.1) is 0 Å². The lowest BCUT2D eigenvalue weighted by molar-refractivity contribution is -0.142. The molecule has 1 atom stereocenters.